The maximum Gasteiger partial charge on any atom is 0.322 e. The summed E-state index contributed by atoms with van der Waals surface area (Å²) in [7, 11) is 0. The fraction of sp³-hybridized carbons (Fsp3) is 0.607. The number of nitrogens with two attached hydrogens (primary N) is 1. The molecule has 0 rings (SSSR count). The second kappa shape index (κ2) is 24.1. The Hall–Kier alpha value is -2.92. The van der Waals surface area contributed by atoms with Gasteiger partial charge in [-0.3, -0.25) is 24.0 Å². The van der Waals surface area contributed by atoms with E-state index in [0.717, 1.165) is 69.5 Å². The van der Waals surface area contributed by atoms with Crippen LogP contribution < -0.4 is 16.4 Å². The molecule has 0 aliphatic rings. The molecule has 0 aromatic heterocycles. The number of unbranched alkanes of at least 4 members (excludes halogenated alkanes) is 5. The fourth-order valence-electron chi connectivity index (χ4n) is 3.28. The van der Waals surface area contributed by atoms with Gasteiger partial charge in [0.2, 0.25) is 11.8 Å². The van der Waals surface area contributed by atoms with Crippen LogP contribution in [0.15, 0.2) is 36.5 Å². The molecule has 220 valence electrons. The Morgan fingerprint density at radius 3 is 2.10 bits per heavy atom. The number of aliphatic carboxylic acids is 2. The Morgan fingerprint density at radius 2 is 1.46 bits per heavy atom. The van der Waals surface area contributed by atoms with Crippen LogP contribution in [0.25, 0.3) is 0 Å². The van der Waals surface area contributed by atoms with Gasteiger partial charge >= 0.3 is 11.9 Å². The lowest BCUT2D eigenvalue weighted by molar-refractivity contribution is -0.139. The number of carboxylic acid groups (broad SMARTS) is 2. The molecule has 0 fully saturated rings. The van der Waals surface area contributed by atoms with E-state index in [1.54, 1.807) is 0 Å². The Morgan fingerprint density at radius 1 is 0.846 bits per heavy atom. The zero-order valence-electron chi connectivity index (χ0n) is 22.9. The summed E-state index contributed by atoms with van der Waals surface area (Å²) < 4.78 is 0. The van der Waals surface area contributed by atoms with Gasteiger partial charge in [-0.1, -0.05) is 74.4 Å². The molecule has 11 heteroatoms. The number of carbonyl (C=O) groups is 5. The van der Waals surface area contributed by atoms with Gasteiger partial charge in [0.05, 0.1) is 0 Å². The van der Waals surface area contributed by atoms with E-state index < -0.39 is 42.4 Å². The standard InChI is InChI=1S/C28H45N3O7S/c1-2-3-4-5-6-7-8-9-10-11-12-13-14-15-16-17-26(35)39-21-23(27(36)30-20-25(33)34)31-24(32)19-18-22(29)28(37)38/h3-4,6-7,9-10,22-23H,2,5,8,11-21,29H2,1H3,(H,30,36)(H,31,32)(H,33,34)(H,37,38)/b4-3-,7-6-,10-9-. The Labute approximate surface area is 235 Å². The fourth-order valence-corrected chi connectivity index (χ4v) is 4.16. The van der Waals surface area contributed by atoms with Gasteiger partial charge in [-0.15, -0.1) is 0 Å². The molecule has 2 unspecified atom stereocenters. The lowest BCUT2D eigenvalue weighted by atomic mass is 10.1. The van der Waals surface area contributed by atoms with Gasteiger partial charge in [-0.2, -0.15) is 0 Å². The van der Waals surface area contributed by atoms with Crippen molar-refractivity contribution in [3.8, 4) is 0 Å². The molecule has 0 radical (unpaired) electrons. The third kappa shape index (κ3) is 22.7. The molecule has 39 heavy (non-hydrogen) atoms. The summed E-state index contributed by atoms with van der Waals surface area (Å²) in [6.07, 6.45) is 22.0. The van der Waals surface area contributed by atoms with E-state index in [2.05, 4.69) is 54.0 Å². The summed E-state index contributed by atoms with van der Waals surface area (Å²) in [4.78, 5) is 58.2. The average molecular weight is 568 g/mol. The van der Waals surface area contributed by atoms with E-state index in [0.29, 0.717) is 6.42 Å². The van der Waals surface area contributed by atoms with Crippen LogP contribution in [0.5, 0.6) is 0 Å². The Bertz CT molecular complexity index is 843. The van der Waals surface area contributed by atoms with Crippen molar-refractivity contribution in [1.29, 1.82) is 0 Å². The normalized spacial score (nSPS) is 13.1. The van der Waals surface area contributed by atoms with Gasteiger partial charge in [0.15, 0.2) is 5.12 Å². The predicted octanol–water partition coefficient (Wildman–Crippen LogP) is 3.71. The van der Waals surface area contributed by atoms with Gasteiger partial charge in [0.25, 0.3) is 0 Å². The second-order valence-electron chi connectivity index (χ2n) is 9.00. The van der Waals surface area contributed by atoms with Crippen LogP contribution in [0.1, 0.15) is 84.0 Å². The number of hydrogen-bond acceptors (Lipinski definition) is 7. The van der Waals surface area contributed by atoms with Crippen LogP contribution >= 0.6 is 11.8 Å². The first kappa shape index (κ1) is 36.1. The lowest BCUT2D eigenvalue weighted by Crippen LogP contribution is -2.49. The summed E-state index contributed by atoms with van der Waals surface area (Å²) >= 11 is 0.906. The highest BCUT2D eigenvalue weighted by Crippen LogP contribution is 2.14. The average Bonchev–Trinajstić information content (AvgIpc) is 2.90. The summed E-state index contributed by atoms with van der Waals surface area (Å²) in [5.74, 6) is -3.89. The number of rotatable bonds is 23. The molecular formula is C28H45N3O7S. The summed E-state index contributed by atoms with van der Waals surface area (Å²) in [5.41, 5.74) is 5.38. The maximum atomic E-state index is 12.3. The van der Waals surface area contributed by atoms with Crippen molar-refractivity contribution in [2.45, 2.75) is 96.1 Å². The van der Waals surface area contributed by atoms with Crippen LogP contribution in [-0.4, -0.2) is 63.5 Å². The van der Waals surface area contributed by atoms with Gasteiger partial charge in [-0.25, -0.2) is 0 Å². The Kier molecular flexibility index (Phi) is 22.3. The Balaban J connectivity index is 4.21. The maximum absolute atomic E-state index is 12.3. The molecular weight excluding hydrogens is 522 g/mol. The molecule has 6 N–H and O–H groups in total. The van der Waals surface area contributed by atoms with E-state index in [1.165, 1.54) is 0 Å². The molecule has 0 spiro atoms. The molecule has 0 aromatic carbocycles. The van der Waals surface area contributed by atoms with E-state index >= 15 is 0 Å². The smallest absolute Gasteiger partial charge is 0.322 e. The van der Waals surface area contributed by atoms with Gasteiger partial charge in [0.1, 0.15) is 18.6 Å². The van der Waals surface area contributed by atoms with E-state index in [9.17, 15) is 24.0 Å². The molecule has 2 amide bonds. The van der Waals surface area contributed by atoms with Crippen molar-refractivity contribution in [1.82, 2.24) is 10.6 Å². The first-order valence-corrected chi connectivity index (χ1v) is 14.5. The van der Waals surface area contributed by atoms with Crippen molar-refractivity contribution in [2.24, 2.45) is 5.73 Å². The third-order valence-corrected chi connectivity index (χ3v) is 6.53. The molecule has 2 atom stereocenters. The van der Waals surface area contributed by atoms with E-state index in [4.69, 9.17) is 15.9 Å². The molecule has 10 nitrogen and oxygen atoms in total. The lowest BCUT2D eigenvalue weighted by Gasteiger charge is -2.18. The van der Waals surface area contributed by atoms with E-state index in [1.807, 2.05) is 0 Å². The van der Waals surface area contributed by atoms with Gasteiger partial charge < -0.3 is 26.6 Å². The molecule has 0 aliphatic carbocycles. The zero-order chi connectivity index (χ0) is 29.3. The largest absolute Gasteiger partial charge is 0.480 e. The van der Waals surface area contributed by atoms with Crippen molar-refractivity contribution in [2.75, 3.05) is 12.3 Å². The molecule has 0 aromatic rings. The minimum atomic E-state index is -1.25. The highest BCUT2D eigenvalue weighted by Gasteiger charge is 2.23. The number of allylic oxidation sites excluding steroid dienone is 6. The predicted molar refractivity (Wildman–Crippen MR) is 154 cm³/mol. The highest BCUT2D eigenvalue weighted by molar-refractivity contribution is 8.13. The number of nitrogens with one attached hydrogen (secondary N) is 2. The van der Waals surface area contributed by atoms with Crippen molar-refractivity contribution < 1.29 is 34.2 Å². The van der Waals surface area contributed by atoms with Crippen molar-refractivity contribution in [3.63, 3.8) is 0 Å². The first-order valence-electron chi connectivity index (χ1n) is 13.5. The number of carbonyl (C=O) groups excluding carboxylic acids is 3. The number of hydrogen-bond donors (Lipinski definition) is 5. The minimum absolute atomic E-state index is 0.0576. The first-order chi connectivity index (χ1) is 18.7. The minimum Gasteiger partial charge on any atom is -0.480 e. The SMILES string of the molecule is CC/C=C\C/C=C\C/C=C\CCCCCCCC(=O)SCC(NC(=O)CCC(N)C(=O)O)C(=O)NCC(=O)O. The van der Waals surface area contributed by atoms with Crippen LogP contribution in [0, 0.1) is 0 Å². The van der Waals surface area contributed by atoms with Crippen molar-refractivity contribution in [3.05, 3.63) is 36.5 Å². The summed E-state index contributed by atoms with van der Waals surface area (Å²) in [5, 5.41) is 22.1. The van der Waals surface area contributed by atoms with Gasteiger partial charge in [-0.05, 0) is 44.9 Å². The molecule has 0 saturated carbocycles. The molecule has 0 saturated heterocycles. The van der Waals surface area contributed by atoms with Gasteiger partial charge in [0, 0.05) is 18.6 Å². The zero-order valence-corrected chi connectivity index (χ0v) is 23.8. The highest BCUT2D eigenvalue weighted by atomic mass is 32.2. The molecule has 0 heterocycles. The van der Waals surface area contributed by atoms with Crippen LogP contribution in [0.4, 0.5) is 0 Å². The number of carboxylic acids is 2. The summed E-state index contributed by atoms with van der Waals surface area (Å²) in [6, 6.07) is -2.35. The molecule has 0 aliphatic heterocycles. The van der Waals surface area contributed by atoms with Crippen LogP contribution in [-0.2, 0) is 24.0 Å². The second-order valence-corrected chi connectivity index (χ2v) is 10.1. The van der Waals surface area contributed by atoms with Crippen LogP contribution in [0.3, 0.4) is 0 Å². The summed E-state index contributed by atoms with van der Waals surface area (Å²) in [6.45, 7) is 1.49. The monoisotopic (exact) mass is 567 g/mol. The number of amides is 2. The molecule has 0 bridgehead atoms. The third-order valence-electron chi connectivity index (χ3n) is 5.51. The van der Waals surface area contributed by atoms with Crippen molar-refractivity contribution >= 4 is 40.6 Å². The van der Waals surface area contributed by atoms with Crippen LogP contribution in [0.2, 0.25) is 0 Å². The quantitative estimate of drug-likeness (QED) is 0.0910. The van der Waals surface area contributed by atoms with E-state index in [-0.39, 0.29) is 23.7 Å². The topological polar surface area (TPSA) is 176 Å². The number of thioether (sulfide) groups is 1.